The van der Waals surface area contributed by atoms with Crippen LogP contribution in [-0.2, 0) is 14.3 Å². The van der Waals surface area contributed by atoms with Crippen molar-refractivity contribution >= 4 is 11.9 Å². The predicted octanol–water partition coefficient (Wildman–Crippen LogP) is 3.54. The van der Waals surface area contributed by atoms with Crippen molar-refractivity contribution in [1.82, 2.24) is 4.90 Å². The number of hydrogen-bond donors (Lipinski definition) is 0. The highest BCUT2D eigenvalue weighted by Gasteiger charge is 2.76. The molecule has 0 N–H and O–H groups in total. The molecule has 1 unspecified atom stereocenters. The lowest BCUT2D eigenvalue weighted by Crippen LogP contribution is -2.56. The fourth-order valence-corrected chi connectivity index (χ4v) is 6.65. The molecule has 0 spiro atoms. The van der Waals surface area contributed by atoms with Gasteiger partial charge in [0, 0.05) is 18.0 Å². The van der Waals surface area contributed by atoms with Gasteiger partial charge in [-0.15, -0.1) is 0 Å². The summed E-state index contributed by atoms with van der Waals surface area (Å²) in [6.45, 7) is 13.8. The van der Waals surface area contributed by atoms with E-state index in [4.69, 9.17) is 4.74 Å². The van der Waals surface area contributed by atoms with Crippen LogP contribution < -0.4 is 0 Å². The SMILES string of the molecule is CC1(C)CC2C[C@@](C)(CN2C(=O)[C@@]23CC[C@](C)(C(=O)O2)C3(C)C)C1. The lowest BCUT2D eigenvalue weighted by molar-refractivity contribution is -0.174. The van der Waals surface area contributed by atoms with Crippen molar-refractivity contribution in [2.75, 3.05) is 6.54 Å². The van der Waals surface area contributed by atoms with Crippen LogP contribution >= 0.6 is 0 Å². The molecule has 2 aliphatic carbocycles. The second-order valence-electron chi connectivity index (χ2n) is 10.8. The van der Waals surface area contributed by atoms with Crippen molar-refractivity contribution in [2.24, 2.45) is 21.7 Å². The molecule has 0 aromatic heterocycles. The summed E-state index contributed by atoms with van der Waals surface area (Å²) in [5, 5.41) is 0. The number of esters is 1. The Balaban J connectivity index is 1.70. The summed E-state index contributed by atoms with van der Waals surface area (Å²) in [6, 6.07) is 0.294. The molecule has 4 heteroatoms. The maximum absolute atomic E-state index is 13.7. The number of rotatable bonds is 1. The fraction of sp³-hybridized carbons (Fsp3) is 0.900. The maximum atomic E-state index is 13.7. The van der Waals surface area contributed by atoms with Gasteiger partial charge in [0.05, 0.1) is 5.41 Å². The first kappa shape index (κ1) is 16.4. The Hall–Kier alpha value is -1.06. The number of likely N-dealkylation sites (tertiary alicyclic amines) is 1. The first-order chi connectivity index (χ1) is 10.9. The summed E-state index contributed by atoms with van der Waals surface area (Å²) in [4.78, 5) is 28.3. The molecule has 134 valence electrons. The zero-order valence-electron chi connectivity index (χ0n) is 16.0. The Bertz CT molecular complexity index is 639. The molecule has 4 atom stereocenters. The van der Waals surface area contributed by atoms with Crippen LogP contribution in [0.5, 0.6) is 0 Å². The van der Waals surface area contributed by atoms with Crippen LogP contribution in [-0.4, -0.2) is 35.0 Å². The van der Waals surface area contributed by atoms with E-state index in [1.54, 1.807) is 0 Å². The minimum atomic E-state index is -0.948. The fourth-order valence-electron chi connectivity index (χ4n) is 6.65. The molecular formula is C20H31NO3. The van der Waals surface area contributed by atoms with Gasteiger partial charge < -0.3 is 9.64 Å². The summed E-state index contributed by atoms with van der Waals surface area (Å²) < 4.78 is 5.84. The van der Waals surface area contributed by atoms with Crippen LogP contribution in [0.4, 0.5) is 0 Å². The van der Waals surface area contributed by atoms with Crippen LogP contribution in [0.1, 0.15) is 73.6 Å². The van der Waals surface area contributed by atoms with Crippen LogP contribution in [0.3, 0.4) is 0 Å². The van der Waals surface area contributed by atoms with E-state index in [0.717, 1.165) is 32.2 Å². The Morgan fingerprint density at radius 1 is 1.08 bits per heavy atom. The third kappa shape index (κ3) is 1.70. The van der Waals surface area contributed by atoms with Crippen molar-refractivity contribution in [3.63, 3.8) is 0 Å². The van der Waals surface area contributed by atoms with Crippen molar-refractivity contribution in [2.45, 2.75) is 85.3 Å². The third-order valence-electron chi connectivity index (χ3n) is 8.10. The lowest BCUT2D eigenvalue weighted by atomic mass is 9.65. The number of hydrogen-bond acceptors (Lipinski definition) is 3. The lowest BCUT2D eigenvalue weighted by Gasteiger charge is -2.41. The summed E-state index contributed by atoms with van der Waals surface area (Å²) in [7, 11) is 0. The van der Waals surface area contributed by atoms with E-state index >= 15 is 0 Å². The first-order valence-electron chi connectivity index (χ1n) is 9.41. The molecule has 4 nitrogen and oxygen atoms in total. The molecule has 2 saturated carbocycles. The summed E-state index contributed by atoms with van der Waals surface area (Å²) >= 11 is 0. The number of ether oxygens (including phenoxy) is 1. The highest BCUT2D eigenvalue weighted by Crippen LogP contribution is 2.66. The van der Waals surface area contributed by atoms with Gasteiger partial charge in [0.1, 0.15) is 0 Å². The molecule has 1 amide bonds. The minimum Gasteiger partial charge on any atom is -0.448 e. The number of carbonyl (C=O) groups is 2. The van der Waals surface area contributed by atoms with Gasteiger partial charge in [-0.25, -0.2) is 0 Å². The Morgan fingerprint density at radius 3 is 2.29 bits per heavy atom. The molecule has 0 aromatic rings. The molecule has 24 heavy (non-hydrogen) atoms. The number of fused-ring (bicyclic) bond motifs is 4. The van der Waals surface area contributed by atoms with Gasteiger partial charge in [-0.2, -0.15) is 0 Å². The van der Waals surface area contributed by atoms with Crippen molar-refractivity contribution in [3.05, 3.63) is 0 Å². The topological polar surface area (TPSA) is 46.6 Å². The third-order valence-corrected chi connectivity index (χ3v) is 8.10. The number of nitrogens with zero attached hydrogens (tertiary/aromatic N) is 1. The van der Waals surface area contributed by atoms with Gasteiger partial charge in [0.2, 0.25) is 0 Å². The normalized spacial score (nSPS) is 47.8. The summed E-state index contributed by atoms with van der Waals surface area (Å²) in [6.07, 6.45) is 4.73. The van der Waals surface area contributed by atoms with Crippen molar-refractivity contribution in [3.8, 4) is 0 Å². The Kier molecular flexibility index (Phi) is 2.86. The zero-order chi connectivity index (χ0) is 17.8. The zero-order valence-corrected chi connectivity index (χ0v) is 16.0. The summed E-state index contributed by atoms with van der Waals surface area (Å²) in [5.41, 5.74) is -1.44. The van der Waals surface area contributed by atoms with Gasteiger partial charge in [-0.3, -0.25) is 9.59 Å². The monoisotopic (exact) mass is 333 g/mol. The standard InChI is InChI=1S/C20H31NO3/c1-16(2)9-13-10-18(5,11-16)12-21(13)14(22)20-8-7-19(6,15(23)24-20)17(20,3)4/h13H,7-12H2,1-6H3/t13?,18-,19-,20-/m1/s1. The average molecular weight is 333 g/mol. The quantitative estimate of drug-likeness (QED) is 0.690. The predicted molar refractivity (Wildman–Crippen MR) is 91.2 cm³/mol. The highest BCUT2D eigenvalue weighted by molar-refractivity contribution is 5.96. The molecule has 2 heterocycles. The minimum absolute atomic E-state index is 0.0773. The van der Waals surface area contributed by atoms with Crippen LogP contribution in [0.2, 0.25) is 0 Å². The van der Waals surface area contributed by atoms with E-state index in [1.807, 2.05) is 6.92 Å². The Labute approximate surface area is 145 Å². The molecule has 4 aliphatic rings. The summed E-state index contributed by atoms with van der Waals surface area (Å²) in [5.74, 6) is -0.102. The number of amides is 1. The van der Waals surface area contributed by atoms with E-state index in [2.05, 4.69) is 39.5 Å². The van der Waals surface area contributed by atoms with E-state index in [-0.39, 0.29) is 22.7 Å². The second-order valence-corrected chi connectivity index (χ2v) is 10.8. The largest absolute Gasteiger partial charge is 0.448 e. The molecule has 2 aliphatic heterocycles. The molecule has 0 radical (unpaired) electrons. The molecule has 0 aromatic carbocycles. The van der Waals surface area contributed by atoms with Crippen LogP contribution in [0.25, 0.3) is 0 Å². The smallest absolute Gasteiger partial charge is 0.313 e. The first-order valence-corrected chi connectivity index (χ1v) is 9.41. The highest BCUT2D eigenvalue weighted by atomic mass is 16.6. The van der Waals surface area contributed by atoms with Gasteiger partial charge in [-0.1, -0.05) is 34.6 Å². The molecular weight excluding hydrogens is 302 g/mol. The molecule has 4 rings (SSSR count). The van der Waals surface area contributed by atoms with E-state index in [1.165, 1.54) is 0 Å². The van der Waals surface area contributed by atoms with Gasteiger partial charge in [0.25, 0.3) is 5.91 Å². The molecule has 4 fully saturated rings. The van der Waals surface area contributed by atoms with Gasteiger partial charge >= 0.3 is 5.97 Å². The van der Waals surface area contributed by atoms with Crippen molar-refractivity contribution < 1.29 is 14.3 Å². The van der Waals surface area contributed by atoms with Crippen LogP contribution in [0.15, 0.2) is 0 Å². The van der Waals surface area contributed by atoms with E-state index < -0.39 is 16.4 Å². The number of carbonyl (C=O) groups excluding carboxylic acids is 2. The average Bonchev–Trinajstić information content (AvgIpc) is 2.86. The van der Waals surface area contributed by atoms with E-state index in [0.29, 0.717) is 12.5 Å². The maximum Gasteiger partial charge on any atom is 0.313 e. The van der Waals surface area contributed by atoms with Gasteiger partial charge in [0.15, 0.2) is 5.60 Å². The van der Waals surface area contributed by atoms with Crippen LogP contribution in [0, 0.1) is 21.7 Å². The molecule has 2 saturated heterocycles. The van der Waals surface area contributed by atoms with Crippen molar-refractivity contribution in [1.29, 1.82) is 0 Å². The second kappa shape index (κ2) is 4.19. The molecule has 4 bridgehead atoms. The Morgan fingerprint density at radius 2 is 1.75 bits per heavy atom. The van der Waals surface area contributed by atoms with Gasteiger partial charge in [-0.05, 0) is 49.9 Å². The van der Waals surface area contributed by atoms with E-state index in [9.17, 15) is 9.59 Å².